The van der Waals surface area contributed by atoms with E-state index in [2.05, 4.69) is 29.5 Å². The van der Waals surface area contributed by atoms with E-state index < -0.39 is 17.4 Å². The first-order valence-corrected chi connectivity index (χ1v) is 11.0. The number of aliphatic carboxylic acids is 2. The summed E-state index contributed by atoms with van der Waals surface area (Å²) in [6, 6.07) is 17.0. The van der Waals surface area contributed by atoms with Gasteiger partial charge >= 0.3 is 11.9 Å². The van der Waals surface area contributed by atoms with Crippen LogP contribution in [0.5, 0.6) is 0 Å². The SMILES string of the molecule is CCc1ccc2c(c1CC)C(I)=C(c1ccc3ccccc3c1)C2(C(=O)O)C(=O)O. The van der Waals surface area contributed by atoms with Crippen molar-refractivity contribution in [2.24, 2.45) is 0 Å². The largest absolute Gasteiger partial charge is 0.480 e. The molecule has 0 atom stereocenters. The quantitative estimate of drug-likeness (QED) is 0.341. The first-order chi connectivity index (χ1) is 14.4. The monoisotopic (exact) mass is 512 g/mol. The van der Waals surface area contributed by atoms with Crippen LogP contribution < -0.4 is 0 Å². The second kappa shape index (κ2) is 7.54. The van der Waals surface area contributed by atoms with Crippen molar-refractivity contribution in [3.63, 3.8) is 0 Å². The molecule has 0 heterocycles. The van der Waals surface area contributed by atoms with Crippen molar-refractivity contribution in [1.82, 2.24) is 0 Å². The summed E-state index contributed by atoms with van der Waals surface area (Å²) < 4.78 is 0.704. The van der Waals surface area contributed by atoms with Gasteiger partial charge in [-0.2, -0.15) is 0 Å². The molecule has 0 amide bonds. The molecule has 0 saturated carbocycles. The van der Waals surface area contributed by atoms with Crippen molar-refractivity contribution in [3.05, 3.63) is 82.4 Å². The molecular weight excluding hydrogens is 491 g/mol. The average Bonchev–Trinajstić information content (AvgIpc) is 3.02. The number of hydrogen-bond donors (Lipinski definition) is 2. The second-order valence-corrected chi connectivity index (χ2v) is 8.52. The Bertz CT molecular complexity index is 1230. The third-order valence-electron chi connectivity index (χ3n) is 6.04. The van der Waals surface area contributed by atoms with Crippen molar-refractivity contribution in [2.45, 2.75) is 32.1 Å². The molecule has 0 unspecified atom stereocenters. The smallest absolute Gasteiger partial charge is 0.330 e. The summed E-state index contributed by atoms with van der Waals surface area (Å²) in [5.74, 6) is -2.73. The molecule has 0 fully saturated rings. The normalized spacial score (nSPS) is 14.8. The molecule has 0 bridgehead atoms. The molecule has 3 aromatic carbocycles. The van der Waals surface area contributed by atoms with Gasteiger partial charge in [0.15, 0.2) is 0 Å². The zero-order valence-electron chi connectivity index (χ0n) is 16.7. The summed E-state index contributed by atoms with van der Waals surface area (Å²) in [5, 5.41) is 22.6. The number of aryl methyl sites for hydroxylation is 1. The number of carboxylic acids is 2. The van der Waals surface area contributed by atoms with Gasteiger partial charge in [-0.15, -0.1) is 0 Å². The Morgan fingerprint density at radius 2 is 1.57 bits per heavy atom. The number of hydrogen-bond acceptors (Lipinski definition) is 2. The molecule has 0 aliphatic heterocycles. The standard InChI is InChI=1S/C25H21IO4/c1-3-14-11-12-19-20(18(14)4-2)22(26)21(25(19,23(27)28)24(29)30)17-10-9-15-7-5-6-8-16(15)13-17/h5-13H,3-4H2,1-2H3,(H,27,28)(H,29,30). The van der Waals surface area contributed by atoms with Gasteiger partial charge in [0.25, 0.3) is 0 Å². The highest BCUT2D eigenvalue weighted by Crippen LogP contribution is 2.55. The van der Waals surface area contributed by atoms with E-state index in [0.717, 1.165) is 33.9 Å². The van der Waals surface area contributed by atoms with E-state index in [-0.39, 0.29) is 0 Å². The summed E-state index contributed by atoms with van der Waals surface area (Å²) in [6.07, 6.45) is 1.51. The topological polar surface area (TPSA) is 74.6 Å². The molecular formula is C25H21IO4. The number of rotatable bonds is 5. The first kappa shape index (κ1) is 20.6. The van der Waals surface area contributed by atoms with Gasteiger partial charge in [0, 0.05) is 9.15 Å². The van der Waals surface area contributed by atoms with Crippen LogP contribution in [0.25, 0.3) is 19.9 Å². The number of carbonyl (C=O) groups is 2. The van der Waals surface area contributed by atoms with Crippen molar-refractivity contribution < 1.29 is 19.8 Å². The van der Waals surface area contributed by atoms with Gasteiger partial charge in [0.05, 0.1) is 0 Å². The van der Waals surface area contributed by atoms with Gasteiger partial charge in [-0.3, -0.25) is 9.59 Å². The molecule has 0 radical (unpaired) electrons. The van der Waals surface area contributed by atoms with Crippen LogP contribution in [0.1, 0.15) is 41.7 Å². The fourth-order valence-corrected chi connectivity index (χ4v) is 5.97. The molecule has 0 aromatic heterocycles. The highest BCUT2D eigenvalue weighted by molar-refractivity contribution is 14.1. The van der Waals surface area contributed by atoms with E-state index in [0.29, 0.717) is 26.7 Å². The number of fused-ring (bicyclic) bond motifs is 2. The lowest BCUT2D eigenvalue weighted by Gasteiger charge is -2.26. The zero-order chi connectivity index (χ0) is 21.6. The second-order valence-electron chi connectivity index (χ2n) is 7.44. The Morgan fingerprint density at radius 3 is 2.17 bits per heavy atom. The van der Waals surface area contributed by atoms with Crippen molar-refractivity contribution in [1.29, 1.82) is 0 Å². The average molecular weight is 512 g/mol. The Hall–Kier alpha value is -2.67. The Morgan fingerprint density at radius 1 is 0.900 bits per heavy atom. The van der Waals surface area contributed by atoms with Crippen LogP contribution in [0.15, 0.2) is 54.6 Å². The summed E-state index contributed by atoms with van der Waals surface area (Å²) >= 11 is 2.14. The number of halogens is 1. The fraction of sp³-hybridized carbons (Fsp3) is 0.200. The van der Waals surface area contributed by atoms with E-state index in [1.165, 1.54) is 0 Å². The molecule has 0 spiro atoms. The maximum absolute atomic E-state index is 12.7. The number of carboxylic acid groups (broad SMARTS) is 2. The Balaban J connectivity index is 2.13. The van der Waals surface area contributed by atoms with Crippen LogP contribution in [0.2, 0.25) is 0 Å². The summed E-state index contributed by atoms with van der Waals surface area (Å²) in [5.41, 5.74) is 2.10. The Labute approximate surface area is 188 Å². The fourth-order valence-electron chi connectivity index (χ4n) is 4.64. The van der Waals surface area contributed by atoms with Gasteiger partial charge in [0.2, 0.25) is 5.41 Å². The lowest BCUT2D eigenvalue weighted by Crippen LogP contribution is -2.43. The van der Waals surface area contributed by atoms with E-state index in [4.69, 9.17) is 0 Å². The van der Waals surface area contributed by atoms with E-state index in [1.54, 1.807) is 6.07 Å². The maximum atomic E-state index is 12.7. The molecule has 1 aliphatic rings. The van der Waals surface area contributed by atoms with Crippen LogP contribution in [0.3, 0.4) is 0 Å². The van der Waals surface area contributed by atoms with Gasteiger partial charge in [0.1, 0.15) is 0 Å². The van der Waals surface area contributed by atoms with Gasteiger partial charge in [-0.25, -0.2) is 0 Å². The van der Waals surface area contributed by atoms with Crippen molar-refractivity contribution in [2.75, 3.05) is 0 Å². The van der Waals surface area contributed by atoms with Crippen LogP contribution in [0.4, 0.5) is 0 Å². The third kappa shape index (κ3) is 2.71. The van der Waals surface area contributed by atoms with Crippen LogP contribution in [-0.2, 0) is 27.8 Å². The van der Waals surface area contributed by atoms with Crippen molar-refractivity contribution >= 4 is 54.5 Å². The summed E-state index contributed by atoms with van der Waals surface area (Å²) in [7, 11) is 0. The molecule has 4 nitrogen and oxygen atoms in total. The predicted molar refractivity (Wildman–Crippen MR) is 127 cm³/mol. The number of benzene rings is 3. The molecule has 5 heteroatoms. The molecule has 0 saturated heterocycles. The minimum absolute atomic E-state index is 0.340. The van der Waals surface area contributed by atoms with Gasteiger partial charge in [-0.05, 0) is 80.1 Å². The Kier molecular flexibility index (Phi) is 5.18. The molecule has 152 valence electrons. The van der Waals surface area contributed by atoms with E-state index >= 15 is 0 Å². The summed E-state index contributed by atoms with van der Waals surface area (Å²) in [4.78, 5) is 25.3. The molecule has 2 N–H and O–H groups in total. The van der Waals surface area contributed by atoms with Crippen LogP contribution in [0, 0.1) is 0 Å². The minimum atomic E-state index is -2.13. The van der Waals surface area contributed by atoms with Crippen molar-refractivity contribution in [3.8, 4) is 0 Å². The maximum Gasteiger partial charge on any atom is 0.330 e. The predicted octanol–water partition coefficient (Wildman–Crippen LogP) is 5.69. The van der Waals surface area contributed by atoms with E-state index in [9.17, 15) is 19.8 Å². The molecule has 1 aliphatic carbocycles. The minimum Gasteiger partial charge on any atom is -0.480 e. The highest BCUT2D eigenvalue weighted by Gasteiger charge is 2.58. The zero-order valence-corrected chi connectivity index (χ0v) is 18.9. The molecule has 30 heavy (non-hydrogen) atoms. The van der Waals surface area contributed by atoms with Gasteiger partial charge in [-0.1, -0.05) is 62.4 Å². The lowest BCUT2D eigenvalue weighted by molar-refractivity contribution is -0.153. The third-order valence-corrected chi connectivity index (χ3v) is 7.12. The summed E-state index contributed by atoms with van der Waals surface area (Å²) in [6.45, 7) is 4.08. The lowest BCUT2D eigenvalue weighted by atomic mass is 9.74. The molecule has 3 aromatic rings. The van der Waals surface area contributed by atoms with Gasteiger partial charge < -0.3 is 10.2 Å². The molecule has 4 rings (SSSR count). The first-order valence-electron chi connectivity index (χ1n) is 9.89. The van der Waals surface area contributed by atoms with Crippen LogP contribution in [-0.4, -0.2) is 22.2 Å². The van der Waals surface area contributed by atoms with Crippen LogP contribution >= 0.6 is 22.6 Å². The van der Waals surface area contributed by atoms with E-state index in [1.807, 2.05) is 55.5 Å². The highest BCUT2D eigenvalue weighted by atomic mass is 127.